The Morgan fingerprint density at radius 2 is 1.76 bits per heavy atom. The van der Waals surface area contributed by atoms with Gasteiger partial charge in [-0.2, -0.15) is 10.1 Å². The second-order valence-electron chi connectivity index (χ2n) is 5.70. The van der Waals surface area contributed by atoms with E-state index in [4.69, 9.17) is 21.7 Å². The predicted molar refractivity (Wildman–Crippen MR) is 115 cm³/mol. The second-order valence-corrected chi connectivity index (χ2v) is 7.38. The number of amides is 1. The Balaban J connectivity index is 1.78. The number of hydrogen-bond donors (Lipinski definition) is 0. The second kappa shape index (κ2) is 8.84. The number of carbonyl (C=O) groups excluding carboxylic acids is 1. The van der Waals surface area contributed by atoms with Crippen LogP contribution in [-0.4, -0.2) is 40.6 Å². The molecular weight excluding hydrogens is 414 g/mol. The van der Waals surface area contributed by atoms with E-state index in [1.807, 2.05) is 0 Å². The Morgan fingerprint density at radius 1 is 1.10 bits per heavy atom. The van der Waals surface area contributed by atoms with E-state index in [9.17, 15) is 14.9 Å². The van der Waals surface area contributed by atoms with Gasteiger partial charge < -0.3 is 9.47 Å². The maximum absolute atomic E-state index is 12.7. The van der Waals surface area contributed by atoms with Crippen LogP contribution in [0.25, 0.3) is 6.08 Å². The zero-order chi connectivity index (χ0) is 21.0. The molecule has 0 aliphatic carbocycles. The van der Waals surface area contributed by atoms with Crippen LogP contribution < -0.4 is 9.47 Å². The van der Waals surface area contributed by atoms with Gasteiger partial charge in [-0.15, -0.1) is 0 Å². The van der Waals surface area contributed by atoms with Crippen LogP contribution in [0.5, 0.6) is 11.5 Å². The molecular formula is C19H15N3O5S2. The summed E-state index contributed by atoms with van der Waals surface area (Å²) in [5, 5.41) is 15.9. The number of thioether (sulfide) groups is 1. The summed E-state index contributed by atoms with van der Waals surface area (Å²) in [4.78, 5) is 23.3. The van der Waals surface area contributed by atoms with Gasteiger partial charge in [-0.05, 0) is 53.7 Å². The maximum atomic E-state index is 12.7. The van der Waals surface area contributed by atoms with Crippen LogP contribution in [0.2, 0.25) is 0 Å². The lowest BCUT2D eigenvalue weighted by molar-refractivity contribution is -0.384. The number of non-ortho nitro benzene ring substituents is 1. The molecule has 0 N–H and O–H groups in total. The summed E-state index contributed by atoms with van der Waals surface area (Å²) < 4.78 is 10.8. The quantitative estimate of drug-likeness (QED) is 0.226. The molecule has 0 radical (unpaired) electrons. The van der Waals surface area contributed by atoms with Gasteiger partial charge in [0.05, 0.1) is 30.3 Å². The molecule has 0 unspecified atom stereocenters. The molecule has 1 fully saturated rings. The fourth-order valence-corrected chi connectivity index (χ4v) is 3.63. The van der Waals surface area contributed by atoms with Gasteiger partial charge >= 0.3 is 0 Å². The molecule has 3 rings (SSSR count). The number of nitrogens with zero attached hydrogens (tertiary/aromatic N) is 3. The fourth-order valence-electron chi connectivity index (χ4n) is 2.46. The average Bonchev–Trinajstić information content (AvgIpc) is 2.99. The van der Waals surface area contributed by atoms with Gasteiger partial charge in [0, 0.05) is 12.1 Å². The van der Waals surface area contributed by atoms with Gasteiger partial charge in [-0.1, -0.05) is 17.8 Å². The molecule has 0 spiro atoms. The minimum absolute atomic E-state index is 0.0226. The van der Waals surface area contributed by atoms with Crippen LogP contribution in [0.1, 0.15) is 11.1 Å². The number of thiocarbonyl (C=S) groups is 1. The van der Waals surface area contributed by atoms with Crippen molar-refractivity contribution in [3.8, 4) is 11.5 Å². The third-order valence-electron chi connectivity index (χ3n) is 3.90. The molecule has 29 heavy (non-hydrogen) atoms. The van der Waals surface area contributed by atoms with Crippen LogP contribution in [0, 0.1) is 10.1 Å². The SMILES string of the molecule is COc1ccc(/C=C2/SC(=S)N(/N=C/c3ccc([N+](=O)[O-])cc3)C2=O)cc1OC. The summed E-state index contributed by atoms with van der Waals surface area (Å²) >= 11 is 6.38. The van der Waals surface area contributed by atoms with Crippen LogP contribution >= 0.6 is 24.0 Å². The largest absolute Gasteiger partial charge is 0.493 e. The number of hydrogen-bond acceptors (Lipinski definition) is 8. The molecule has 1 aliphatic rings. The highest BCUT2D eigenvalue weighted by molar-refractivity contribution is 8.26. The summed E-state index contributed by atoms with van der Waals surface area (Å²) in [7, 11) is 3.08. The van der Waals surface area contributed by atoms with Crippen LogP contribution in [-0.2, 0) is 4.79 Å². The van der Waals surface area contributed by atoms with Gasteiger partial charge in [0.15, 0.2) is 15.8 Å². The van der Waals surface area contributed by atoms with Crippen molar-refractivity contribution in [3.63, 3.8) is 0 Å². The molecule has 1 amide bonds. The Hall–Kier alpha value is -3.24. The van der Waals surface area contributed by atoms with Gasteiger partial charge in [0.1, 0.15) is 0 Å². The van der Waals surface area contributed by atoms with Crippen molar-refractivity contribution < 1.29 is 19.2 Å². The highest BCUT2D eigenvalue weighted by atomic mass is 32.2. The molecule has 0 saturated carbocycles. The maximum Gasteiger partial charge on any atom is 0.286 e. The minimum atomic E-state index is -0.484. The number of rotatable bonds is 6. The van der Waals surface area contributed by atoms with E-state index in [1.54, 1.807) is 43.5 Å². The zero-order valence-electron chi connectivity index (χ0n) is 15.4. The summed E-state index contributed by atoms with van der Waals surface area (Å²) in [5.41, 5.74) is 1.33. The first-order chi connectivity index (χ1) is 13.9. The zero-order valence-corrected chi connectivity index (χ0v) is 17.0. The predicted octanol–water partition coefficient (Wildman–Crippen LogP) is 3.85. The van der Waals surface area contributed by atoms with Gasteiger partial charge in [-0.3, -0.25) is 14.9 Å². The lowest BCUT2D eigenvalue weighted by Crippen LogP contribution is -2.22. The van der Waals surface area contributed by atoms with Crippen molar-refractivity contribution in [1.82, 2.24) is 5.01 Å². The minimum Gasteiger partial charge on any atom is -0.493 e. The van der Waals surface area contributed by atoms with Crippen LogP contribution in [0.4, 0.5) is 5.69 Å². The topological polar surface area (TPSA) is 94.3 Å². The number of hydrazone groups is 1. The molecule has 148 valence electrons. The number of methoxy groups -OCH3 is 2. The highest BCUT2D eigenvalue weighted by Crippen LogP contribution is 2.34. The molecule has 1 aliphatic heterocycles. The summed E-state index contributed by atoms with van der Waals surface area (Å²) in [6.07, 6.45) is 3.12. The van der Waals surface area contributed by atoms with Crippen molar-refractivity contribution in [2.75, 3.05) is 14.2 Å². The number of nitro groups is 1. The third kappa shape index (κ3) is 4.61. The van der Waals surface area contributed by atoms with E-state index in [0.29, 0.717) is 26.3 Å². The smallest absolute Gasteiger partial charge is 0.286 e. The van der Waals surface area contributed by atoms with E-state index in [1.165, 1.54) is 25.5 Å². The Morgan fingerprint density at radius 3 is 2.38 bits per heavy atom. The van der Waals surface area contributed by atoms with E-state index < -0.39 is 4.92 Å². The van der Waals surface area contributed by atoms with E-state index >= 15 is 0 Å². The van der Waals surface area contributed by atoms with Crippen LogP contribution in [0.15, 0.2) is 52.5 Å². The number of ether oxygens (including phenoxy) is 2. The molecule has 1 heterocycles. The standard InChI is InChI=1S/C19H15N3O5S2/c1-26-15-8-5-13(9-16(15)27-2)10-17-18(23)21(19(28)29-17)20-11-12-3-6-14(7-4-12)22(24)25/h3-11H,1-2H3/b17-10+,20-11+. The van der Waals surface area contributed by atoms with Gasteiger partial charge in [-0.25, -0.2) is 0 Å². The number of benzene rings is 2. The lowest BCUT2D eigenvalue weighted by atomic mass is 10.2. The first-order valence-electron chi connectivity index (χ1n) is 8.21. The van der Waals surface area contributed by atoms with Crippen molar-refractivity contribution in [2.45, 2.75) is 0 Å². The Kier molecular flexibility index (Phi) is 6.25. The molecule has 8 nitrogen and oxygen atoms in total. The normalized spacial score (nSPS) is 15.4. The molecule has 10 heteroatoms. The molecule has 2 aromatic rings. The Bertz CT molecular complexity index is 1030. The molecule has 0 aromatic heterocycles. The summed E-state index contributed by atoms with van der Waals surface area (Å²) in [6.45, 7) is 0. The number of nitro benzene ring substituents is 1. The van der Waals surface area contributed by atoms with Crippen molar-refractivity contribution in [2.24, 2.45) is 5.10 Å². The van der Waals surface area contributed by atoms with Crippen LogP contribution in [0.3, 0.4) is 0 Å². The first-order valence-corrected chi connectivity index (χ1v) is 9.44. The van der Waals surface area contributed by atoms with Gasteiger partial charge in [0.25, 0.3) is 11.6 Å². The van der Waals surface area contributed by atoms with E-state index in [2.05, 4.69) is 5.10 Å². The van der Waals surface area contributed by atoms with E-state index in [0.717, 1.165) is 22.3 Å². The molecule has 0 atom stereocenters. The monoisotopic (exact) mass is 429 g/mol. The third-order valence-corrected chi connectivity index (χ3v) is 5.19. The molecule has 1 saturated heterocycles. The van der Waals surface area contributed by atoms with Crippen molar-refractivity contribution >= 4 is 52.2 Å². The summed E-state index contributed by atoms with van der Waals surface area (Å²) in [6, 6.07) is 11.1. The lowest BCUT2D eigenvalue weighted by Gasteiger charge is -2.08. The first kappa shape index (κ1) is 20.5. The highest BCUT2D eigenvalue weighted by Gasteiger charge is 2.32. The van der Waals surface area contributed by atoms with Crippen molar-refractivity contribution in [1.29, 1.82) is 0 Å². The molecule has 0 bridgehead atoms. The summed E-state index contributed by atoms with van der Waals surface area (Å²) in [5.74, 6) is 0.783. The Labute approximate surface area is 175 Å². The van der Waals surface area contributed by atoms with Crippen molar-refractivity contribution in [3.05, 3.63) is 68.6 Å². The van der Waals surface area contributed by atoms with Gasteiger partial charge in [0.2, 0.25) is 0 Å². The fraction of sp³-hybridized carbons (Fsp3) is 0.105. The average molecular weight is 429 g/mol. The molecule has 2 aromatic carbocycles. The number of carbonyl (C=O) groups is 1. The van der Waals surface area contributed by atoms with E-state index in [-0.39, 0.29) is 11.6 Å².